The zero-order valence-corrected chi connectivity index (χ0v) is 14.3. The Morgan fingerprint density at radius 2 is 2.10 bits per heavy atom. The molecule has 0 bridgehead atoms. The predicted octanol–water partition coefficient (Wildman–Crippen LogP) is 2.92. The second-order valence-electron chi connectivity index (χ2n) is 5.33. The number of nitrogens with zero attached hydrogens (tertiary/aromatic N) is 2. The second-order valence-corrected chi connectivity index (χ2v) is 6.39. The number of hydrogen-bond donors (Lipinski definition) is 1. The molecule has 0 spiro atoms. The Morgan fingerprint density at radius 1 is 1.35 bits per heavy atom. The predicted molar refractivity (Wildman–Crippen MR) is 87.8 cm³/mol. The van der Waals surface area contributed by atoms with Crippen LogP contribution in [0.2, 0.25) is 0 Å². The summed E-state index contributed by atoms with van der Waals surface area (Å²) in [5, 5.41) is 4.54. The molecule has 0 aliphatic rings. The number of hydrogen-bond acceptors (Lipinski definition) is 5. The highest BCUT2D eigenvalue weighted by Crippen LogP contribution is 2.27. The summed E-state index contributed by atoms with van der Waals surface area (Å²) < 4.78 is 5.23. The Kier molecular flexibility index (Phi) is 8.11. The summed E-state index contributed by atoms with van der Waals surface area (Å²) in [7, 11) is 1.75. The minimum Gasteiger partial charge on any atom is -0.383 e. The van der Waals surface area contributed by atoms with E-state index in [2.05, 4.69) is 37.9 Å². The van der Waals surface area contributed by atoms with Crippen LogP contribution in [0.4, 0.5) is 5.13 Å². The first-order valence-electron chi connectivity index (χ1n) is 7.55. The van der Waals surface area contributed by atoms with Gasteiger partial charge in [0.1, 0.15) is 0 Å². The van der Waals surface area contributed by atoms with Crippen molar-refractivity contribution in [3.63, 3.8) is 0 Å². The van der Waals surface area contributed by atoms with Crippen LogP contribution in [0.15, 0.2) is 0 Å². The van der Waals surface area contributed by atoms with E-state index < -0.39 is 0 Å². The van der Waals surface area contributed by atoms with Crippen LogP contribution in [-0.2, 0) is 17.7 Å². The van der Waals surface area contributed by atoms with Crippen molar-refractivity contribution in [3.05, 3.63) is 10.6 Å². The van der Waals surface area contributed by atoms with Crippen LogP contribution in [0.3, 0.4) is 0 Å². The van der Waals surface area contributed by atoms with E-state index in [0.717, 1.165) is 44.3 Å². The van der Waals surface area contributed by atoms with E-state index in [1.54, 1.807) is 7.11 Å². The summed E-state index contributed by atoms with van der Waals surface area (Å²) in [6, 6.07) is 0. The van der Waals surface area contributed by atoms with Crippen molar-refractivity contribution in [2.45, 2.75) is 40.7 Å². The quantitative estimate of drug-likeness (QED) is 0.721. The monoisotopic (exact) mass is 299 g/mol. The van der Waals surface area contributed by atoms with Crippen molar-refractivity contribution < 1.29 is 4.74 Å². The summed E-state index contributed by atoms with van der Waals surface area (Å²) in [6.07, 6.45) is 0.997. The SMILES string of the molecule is CCNCc1sc(N(CCOC)CC(C)C)nc1CC. The van der Waals surface area contributed by atoms with Crippen LogP contribution in [0, 0.1) is 5.92 Å². The van der Waals surface area contributed by atoms with E-state index in [1.807, 2.05) is 11.3 Å². The average Bonchev–Trinajstić information content (AvgIpc) is 2.83. The van der Waals surface area contributed by atoms with Crippen molar-refractivity contribution in [3.8, 4) is 0 Å². The van der Waals surface area contributed by atoms with Gasteiger partial charge in [0.25, 0.3) is 0 Å². The number of methoxy groups -OCH3 is 1. The zero-order chi connectivity index (χ0) is 15.0. The van der Waals surface area contributed by atoms with Gasteiger partial charge in [-0.05, 0) is 18.9 Å². The molecule has 5 heteroatoms. The van der Waals surface area contributed by atoms with E-state index in [-0.39, 0.29) is 0 Å². The minimum absolute atomic E-state index is 0.623. The van der Waals surface area contributed by atoms with Crippen LogP contribution in [0.1, 0.15) is 38.3 Å². The standard InChI is InChI=1S/C15H29N3OS/c1-6-13-14(10-16-7-2)20-15(17-13)18(8-9-19-5)11-12(3)4/h12,16H,6-11H2,1-5H3. The van der Waals surface area contributed by atoms with Gasteiger partial charge in [-0.1, -0.05) is 27.7 Å². The van der Waals surface area contributed by atoms with Gasteiger partial charge in [0.05, 0.1) is 12.3 Å². The Hall–Kier alpha value is -0.650. The van der Waals surface area contributed by atoms with Gasteiger partial charge in [0.15, 0.2) is 5.13 Å². The van der Waals surface area contributed by atoms with Crippen molar-refractivity contribution in [2.75, 3.05) is 38.3 Å². The number of rotatable bonds is 10. The molecule has 1 aromatic heterocycles. The van der Waals surface area contributed by atoms with Gasteiger partial charge < -0.3 is 15.0 Å². The molecule has 0 amide bonds. The third-order valence-corrected chi connectivity index (χ3v) is 4.22. The maximum atomic E-state index is 5.23. The van der Waals surface area contributed by atoms with Gasteiger partial charge in [-0.25, -0.2) is 4.98 Å². The lowest BCUT2D eigenvalue weighted by Gasteiger charge is -2.23. The molecule has 0 saturated carbocycles. The first-order valence-corrected chi connectivity index (χ1v) is 8.37. The summed E-state index contributed by atoms with van der Waals surface area (Å²) in [6.45, 7) is 13.4. The molecule has 0 saturated heterocycles. The topological polar surface area (TPSA) is 37.4 Å². The molecular weight excluding hydrogens is 270 g/mol. The van der Waals surface area contributed by atoms with Crippen molar-refractivity contribution in [2.24, 2.45) is 5.92 Å². The lowest BCUT2D eigenvalue weighted by Crippen LogP contribution is -2.30. The fourth-order valence-corrected chi connectivity index (χ4v) is 3.22. The third kappa shape index (κ3) is 5.38. The smallest absolute Gasteiger partial charge is 0.185 e. The highest BCUT2D eigenvalue weighted by molar-refractivity contribution is 7.15. The Bertz CT molecular complexity index is 379. The maximum absolute atomic E-state index is 5.23. The molecule has 4 nitrogen and oxygen atoms in total. The molecule has 0 atom stereocenters. The summed E-state index contributed by atoms with van der Waals surface area (Å²) in [5.74, 6) is 0.623. The van der Waals surface area contributed by atoms with Crippen LogP contribution in [0.25, 0.3) is 0 Å². The van der Waals surface area contributed by atoms with Gasteiger partial charge in [0.2, 0.25) is 0 Å². The van der Waals surface area contributed by atoms with E-state index >= 15 is 0 Å². The summed E-state index contributed by atoms with van der Waals surface area (Å²) in [4.78, 5) is 8.56. The fraction of sp³-hybridized carbons (Fsp3) is 0.800. The number of aryl methyl sites for hydroxylation is 1. The molecule has 0 aliphatic heterocycles. The molecule has 116 valence electrons. The molecule has 1 aromatic rings. The van der Waals surface area contributed by atoms with E-state index in [4.69, 9.17) is 9.72 Å². The molecule has 0 aromatic carbocycles. The zero-order valence-electron chi connectivity index (χ0n) is 13.5. The lowest BCUT2D eigenvalue weighted by molar-refractivity contribution is 0.204. The summed E-state index contributed by atoms with van der Waals surface area (Å²) in [5.41, 5.74) is 1.23. The number of anilines is 1. The molecule has 0 aliphatic carbocycles. The maximum Gasteiger partial charge on any atom is 0.185 e. The molecule has 0 unspecified atom stereocenters. The van der Waals surface area contributed by atoms with Crippen LogP contribution < -0.4 is 10.2 Å². The Morgan fingerprint density at radius 3 is 2.65 bits per heavy atom. The first kappa shape index (κ1) is 17.4. The molecule has 1 rings (SSSR count). The Balaban J connectivity index is 2.85. The van der Waals surface area contributed by atoms with Crippen molar-refractivity contribution >= 4 is 16.5 Å². The number of nitrogens with one attached hydrogen (secondary N) is 1. The molecular formula is C15H29N3OS. The Labute approximate surface area is 127 Å². The normalized spacial score (nSPS) is 11.3. The molecule has 1 N–H and O–H groups in total. The van der Waals surface area contributed by atoms with E-state index in [1.165, 1.54) is 10.6 Å². The third-order valence-electron chi connectivity index (χ3n) is 3.06. The minimum atomic E-state index is 0.623. The van der Waals surface area contributed by atoms with Crippen LogP contribution >= 0.6 is 11.3 Å². The average molecular weight is 299 g/mol. The van der Waals surface area contributed by atoms with Gasteiger partial charge >= 0.3 is 0 Å². The summed E-state index contributed by atoms with van der Waals surface area (Å²) >= 11 is 1.82. The van der Waals surface area contributed by atoms with Crippen molar-refractivity contribution in [1.29, 1.82) is 0 Å². The largest absolute Gasteiger partial charge is 0.383 e. The van der Waals surface area contributed by atoms with Gasteiger partial charge in [-0.15, -0.1) is 11.3 Å². The van der Waals surface area contributed by atoms with E-state index in [0.29, 0.717) is 5.92 Å². The number of ether oxygens (including phenoxy) is 1. The van der Waals surface area contributed by atoms with Crippen LogP contribution in [-0.4, -0.2) is 38.3 Å². The molecule has 0 fully saturated rings. The number of thiazole rings is 1. The van der Waals surface area contributed by atoms with Crippen LogP contribution in [0.5, 0.6) is 0 Å². The van der Waals surface area contributed by atoms with Gasteiger partial charge in [0, 0.05) is 31.6 Å². The first-order chi connectivity index (χ1) is 9.62. The van der Waals surface area contributed by atoms with Gasteiger partial charge in [-0.2, -0.15) is 0 Å². The fourth-order valence-electron chi connectivity index (χ4n) is 2.07. The highest BCUT2D eigenvalue weighted by Gasteiger charge is 2.16. The molecule has 20 heavy (non-hydrogen) atoms. The number of aromatic nitrogens is 1. The van der Waals surface area contributed by atoms with Gasteiger partial charge in [-0.3, -0.25) is 0 Å². The van der Waals surface area contributed by atoms with E-state index in [9.17, 15) is 0 Å². The second kappa shape index (κ2) is 9.32. The highest BCUT2D eigenvalue weighted by atomic mass is 32.1. The lowest BCUT2D eigenvalue weighted by atomic mass is 10.2. The van der Waals surface area contributed by atoms with Crippen molar-refractivity contribution in [1.82, 2.24) is 10.3 Å². The molecule has 1 heterocycles. The molecule has 0 radical (unpaired) electrons.